The van der Waals surface area contributed by atoms with Gasteiger partial charge in [-0.05, 0) is 67.3 Å². The summed E-state index contributed by atoms with van der Waals surface area (Å²) >= 11 is 6.33. The number of likely N-dealkylation sites (tertiary alicyclic amines) is 2. The maximum absolute atomic E-state index is 13.4. The summed E-state index contributed by atoms with van der Waals surface area (Å²) in [5, 5.41) is 0. The Kier molecular flexibility index (Phi) is 6.67. The van der Waals surface area contributed by atoms with Crippen LogP contribution in [0.25, 0.3) is 11.4 Å². The molecule has 3 heterocycles. The van der Waals surface area contributed by atoms with Crippen molar-refractivity contribution in [3.8, 4) is 0 Å². The highest BCUT2D eigenvalue weighted by atomic mass is 35.5. The van der Waals surface area contributed by atoms with Gasteiger partial charge >= 0.3 is 0 Å². The van der Waals surface area contributed by atoms with Crippen LogP contribution in [0.4, 0.5) is 4.39 Å². The van der Waals surface area contributed by atoms with Gasteiger partial charge in [0.15, 0.2) is 0 Å². The molecule has 0 atom stereocenters. The molecule has 2 fully saturated rings. The first-order chi connectivity index (χ1) is 15.4. The van der Waals surface area contributed by atoms with Crippen LogP contribution in [-0.4, -0.2) is 71.4 Å². The van der Waals surface area contributed by atoms with Gasteiger partial charge in [-0.25, -0.2) is 4.39 Å². The van der Waals surface area contributed by atoms with Crippen molar-refractivity contribution >= 4 is 28.9 Å². The third-order valence-corrected chi connectivity index (χ3v) is 6.83. The second-order valence-corrected chi connectivity index (χ2v) is 9.11. The lowest BCUT2D eigenvalue weighted by Gasteiger charge is -2.53. The molecule has 8 heteroatoms. The number of halogens is 2. The third kappa shape index (κ3) is 4.74. The van der Waals surface area contributed by atoms with Crippen molar-refractivity contribution in [1.82, 2.24) is 19.7 Å². The zero-order valence-corrected chi connectivity index (χ0v) is 19.1. The number of pyridine rings is 1. The molecule has 2 N–H and O–H groups in total. The summed E-state index contributed by atoms with van der Waals surface area (Å²) < 4.78 is 13.4. The lowest BCUT2D eigenvalue weighted by atomic mass is 9.72. The van der Waals surface area contributed by atoms with Crippen molar-refractivity contribution in [1.29, 1.82) is 0 Å². The Bertz CT molecular complexity index is 966. The van der Waals surface area contributed by atoms with Crippen LogP contribution in [0.15, 0.2) is 48.8 Å². The first-order valence-electron chi connectivity index (χ1n) is 10.8. The lowest BCUT2D eigenvalue weighted by molar-refractivity contribution is -0.136. The molecule has 1 aromatic carbocycles. The number of rotatable bonds is 6. The number of carbonyl (C=O) groups is 1. The Morgan fingerprint density at radius 2 is 1.75 bits per heavy atom. The van der Waals surface area contributed by atoms with Gasteiger partial charge in [-0.15, -0.1) is 11.6 Å². The number of hydrogen-bond donors (Lipinski definition) is 1. The fraction of sp³-hybridized carbons (Fsp3) is 0.417. The fourth-order valence-corrected chi connectivity index (χ4v) is 5.08. The second-order valence-electron chi connectivity index (χ2n) is 8.88. The summed E-state index contributed by atoms with van der Waals surface area (Å²) in [6.07, 6.45) is 5.41. The molecule has 0 aliphatic carbocycles. The van der Waals surface area contributed by atoms with E-state index in [0.29, 0.717) is 22.4 Å². The molecule has 6 nitrogen and oxygen atoms in total. The Balaban J connectivity index is 1.55. The molecule has 1 aromatic heterocycles. The number of hydrogen-bond acceptors (Lipinski definition) is 5. The zero-order valence-electron chi connectivity index (χ0n) is 18.3. The minimum absolute atomic E-state index is 0.0339. The number of alkyl halides is 1. The van der Waals surface area contributed by atoms with Crippen LogP contribution in [0.3, 0.4) is 0 Å². The van der Waals surface area contributed by atoms with Gasteiger partial charge in [-0.1, -0.05) is 0 Å². The molecule has 1 amide bonds. The highest BCUT2D eigenvalue weighted by Crippen LogP contribution is 2.39. The van der Waals surface area contributed by atoms with Gasteiger partial charge in [0.25, 0.3) is 0 Å². The molecule has 0 radical (unpaired) electrons. The number of carbonyl (C=O) groups excluding carboxylic acids is 1. The highest BCUT2D eigenvalue weighted by Gasteiger charge is 2.43. The molecule has 2 aromatic rings. The number of benzene rings is 1. The fourth-order valence-electron chi connectivity index (χ4n) is 4.87. The van der Waals surface area contributed by atoms with E-state index < -0.39 is 0 Å². The lowest BCUT2D eigenvalue weighted by Crippen LogP contribution is -2.59. The van der Waals surface area contributed by atoms with Gasteiger partial charge in [0, 0.05) is 44.1 Å². The predicted octanol–water partition coefficient (Wildman–Crippen LogP) is 3.06. The molecular formula is C24H29ClFN5O. The minimum Gasteiger partial charge on any atom is -0.397 e. The van der Waals surface area contributed by atoms with Gasteiger partial charge in [-0.3, -0.25) is 9.78 Å². The van der Waals surface area contributed by atoms with E-state index in [4.69, 9.17) is 17.3 Å². The highest BCUT2D eigenvalue weighted by molar-refractivity contribution is 6.18. The summed E-state index contributed by atoms with van der Waals surface area (Å²) in [4.78, 5) is 23.3. The first-order valence-corrected chi connectivity index (χ1v) is 11.4. The maximum atomic E-state index is 13.4. The molecule has 0 bridgehead atoms. The zero-order chi connectivity index (χ0) is 22.7. The smallest absolute Gasteiger partial charge is 0.242 e. The molecule has 1 spiro atoms. The SMILES string of the molecule is CN1CC2(CCN(C(=O)CN(CCl)/C(=C(\N)c3ccc(F)cc3)c3ccncc3)CC2)C1. The van der Waals surface area contributed by atoms with E-state index in [1.807, 2.05) is 17.0 Å². The quantitative estimate of drug-likeness (QED) is 0.533. The van der Waals surface area contributed by atoms with E-state index in [0.717, 1.165) is 44.6 Å². The number of aromatic nitrogens is 1. The van der Waals surface area contributed by atoms with E-state index in [1.54, 1.807) is 29.4 Å². The van der Waals surface area contributed by atoms with Crippen LogP contribution in [0.5, 0.6) is 0 Å². The summed E-state index contributed by atoms with van der Waals surface area (Å²) in [5.41, 5.74) is 9.44. The van der Waals surface area contributed by atoms with E-state index >= 15 is 0 Å². The molecule has 0 unspecified atom stereocenters. The van der Waals surface area contributed by atoms with Crippen LogP contribution in [0.1, 0.15) is 24.0 Å². The third-order valence-electron chi connectivity index (χ3n) is 6.54. The Labute approximate surface area is 193 Å². The van der Waals surface area contributed by atoms with Crippen LogP contribution in [-0.2, 0) is 4.79 Å². The minimum atomic E-state index is -0.336. The van der Waals surface area contributed by atoms with Gasteiger partial charge in [0.2, 0.25) is 5.91 Å². The van der Waals surface area contributed by atoms with Crippen LogP contribution < -0.4 is 5.73 Å². The predicted molar refractivity (Wildman–Crippen MR) is 125 cm³/mol. The molecule has 2 saturated heterocycles. The first kappa shape index (κ1) is 22.6. The standard InChI is InChI=1S/C24H29ClFN5O/c1-29-15-24(16-29)8-12-30(13-9-24)21(32)14-31(17-25)23(19-6-10-28-11-7-19)22(27)18-2-4-20(26)5-3-18/h2-7,10-11H,8-9,12-17,27H2,1H3/b23-22-. The largest absolute Gasteiger partial charge is 0.397 e. The molecule has 2 aliphatic rings. The van der Waals surface area contributed by atoms with Crippen LogP contribution in [0, 0.1) is 11.2 Å². The number of piperidine rings is 1. The second kappa shape index (κ2) is 9.46. The normalized spacial score (nSPS) is 18.8. The molecule has 4 rings (SSSR count). The van der Waals surface area contributed by atoms with Crippen molar-refractivity contribution in [2.24, 2.45) is 11.1 Å². The number of nitrogens with two attached hydrogens (primary N) is 1. The van der Waals surface area contributed by atoms with Gasteiger partial charge in [0.1, 0.15) is 5.82 Å². The molecular weight excluding hydrogens is 429 g/mol. The van der Waals surface area contributed by atoms with Crippen molar-refractivity contribution in [3.05, 3.63) is 65.7 Å². The average molecular weight is 458 g/mol. The number of nitrogens with zero attached hydrogens (tertiary/aromatic N) is 4. The van der Waals surface area contributed by atoms with Crippen molar-refractivity contribution in [2.75, 3.05) is 45.8 Å². The topological polar surface area (TPSA) is 65.7 Å². The Hall–Kier alpha value is -2.64. The molecule has 170 valence electrons. The van der Waals surface area contributed by atoms with Gasteiger partial charge in [0.05, 0.1) is 23.9 Å². The monoisotopic (exact) mass is 457 g/mol. The van der Waals surface area contributed by atoms with Crippen LogP contribution in [0.2, 0.25) is 0 Å². The Morgan fingerprint density at radius 1 is 1.12 bits per heavy atom. The van der Waals surface area contributed by atoms with E-state index in [2.05, 4.69) is 16.9 Å². The summed E-state index contributed by atoms with van der Waals surface area (Å²) in [7, 11) is 2.14. The van der Waals surface area contributed by atoms with Crippen LogP contribution >= 0.6 is 11.6 Å². The Morgan fingerprint density at radius 3 is 2.31 bits per heavy atom. The van der Waals surface area contributed by atoms with Crippen molar-refractivity contribution in [2.45, 2.75) is 12.8 Å². The summed E-state index contributed by atoms with van der Waals surface area (Å²) in [6, 6.07) is 9.72. The summed E-state index contributed by atoms with van der Waals surface area (Å²) in [6.45, 7) is 3.89. The number of amides is 1. The van der Waals surface area contributed by atoms with E-state index in [1.165, 1.54) is 12.1 Å². The van der Waals surface area contributed by atoms with Crippen molar-refractivity contribution < 1.29 is 9.18 Å². The van der Waals surface area contributed by atoms with E-state index in [-0.39, 0.29) is 24.3 Å². The summed E-state index contributed by atoms with van der Waals surface area (Å²) in [5.74, 6) is -0.302. The van der Waals surface area contributed by atoms with Gasteiger partial charge in [-0.2, -0.15) is 0 Å². The molecule has 2 aliphatic heterocycles. The van der Waals surface area contributed by atoms with Gasteiger partial charge < -0.3 is 20.4 Å². The molecule has 32 heavy (non-hydrogen) atoms. The van der Waals surface area contributed by atoms with E-state index in [9.17, 15) is 9.18 Å². The average Bonchev–Trinajstić information content (AvgIpc) is 2.79. The molecule has 0 saturated carbocycles. The van der Waals surface area contributed by atoms with Crippen molar-refractivity contribution in [3.63, 3.8) is 0 Å². The maximum Gasteiger partial charge on any atom is 0.242 e.